The summed E-state index contributed by atoms with van der Waals surface area (Å²) in [5.41, 5.74) is 0. The summed E-state index contributed by atoms with van der Waals surface area (Å²) in [6.45, 7) is 0. The minimum Gasteiger partial charge on any atom is -0.381 e. The molecular formula is C11H4BrF13OS. The van der Waals surface area contributed by atoms with E-state index in [1.807, 2.05) is 0 Å². The summed E-state index contributed by atoms with van der Waals surface area (Å²) in [5, 5.41) is 9.16. The number of hydrogen-bond acceptors (Lipinski definition) is 2. The molecule has 0 spiro atoms. The Bertz CT molecular complexity index is 680. The number of aliphatic hydroxyl groups excluding tert-OH is 1. The van der Waals surface area contributed by atoms with Crippen LogP contribution in [0.25, 0.3) is 0 Å². The summed E-state index contributed by atoms with van der Waals surface area (Å²) in [6.07, 6.45) is -11.4. The molecule has 1 nitrogen and oxygen atoms in total. The number of rotatable bonds is 6. The predicted octanol–water partition coefficient (Wildman–Crippen LogP) is 6.28. The predicted molar refractivity (Wildman–Crippen MR) is 67.8 cm³/mol. The van der Waals surface area contributed by atoms with Crippen molar-refractivity contribution in [2.75, 3.05) is 0 Å². The summed E-state index contributed by atoms with van der Waals surface area (Å²) in [7, 11) is 0. The molecule has 1 N–H and O–H groups in total. The van der Waals surface area contributed by atoms with Crippen LogP contribution < -0.4 is 0 Å². The summed E-state index contributed by atoms with van der Waals surface area (Å²) in [4.78, 5) is -1.19. The molecule has 1 unspecified atom stereocenters. The van der Waals surface area contributed by atoms with Gasteiger partial charge >= 0.3 is 35.8 Å². The third-order valence-electron chi connectivity index (χ3n) is 3.16. The molecule has 1 rings (SSSR count). The number of aliphatic hydroxyl groups is 1. The lowest BCUT2D eigenvalue weighted by molar-refractivity contribution is -0.444. The van der Waals surface area contributed by atoms with Crippen molar-refractivity contribution >= 4 is 27.3 Å². The van der Waals surface area contributed by atoms with Gasteiger partial charge < -0.3 is 5.11 Å². The van der Waals surface area contributed by atoms with E-state index in [1.54, 1.807) is 0 Å². The van der Waals surface area contributed by atoms with E-state index in [0.717, 1.165) is 6.07 Å². The summed E-state index contributed by atoms with van der Waals surface area (Å²) < 4.78 is 168. The molecule has 0 saturated heterocycles. The molecule has 0 amide bonds. The van der Waals surface area contributed by atoms with Gasteiger partial charge in [-0.25, -0.2) is 0 Å². The molecule has 0 aliphatic heterocycles. The summed E-state index contributed by atoms with van der Waals surface area (Å²) >= 11 is 2.68. The summed E-state index contributed by atoms with van der Waals surface area (Å²) in [5.74, 6) is -37.8. The van der Waals surface area contributed by atoms with Crippen LogP contribution in [0.1, 0.15) is 11.0 Å². The maximum atomic E-state index is 13.7. The number of halogens is 14. The molecule has 0 saturated carbocycles. The van der Waals surface area contributed by atoms with Crippen LogP contribution in [0, 0.1) is 0 Å². The number of thiophene rings is 1. The molecule has 158 valence electrons. The quantitative estimate of drug-likeness (QED) is 0.446. The molecule has 1 aromatic rings. The molecule has 0 radical (unpaired) electrons. The monoisotopic (exact) mass is 510 g/mol. The van der Waals surface area contributed by atoms with Gasteiger partial charge in [0, 0.05) is 4.88 Å². The smallest absolute Gasteiger partial charge is 0.381 e. The van der Waals surface area contributed by atoms with Crippen LogP contribution in [0.4, 0.5) is 57.1 Å². The van der Waals surface area contributed by atoms with Gasteiger partial charge in [0.1, 0.15) is 0 Å². The molecule has 0 aliphatic rings. The average molecular weight is 511 g/mol. The van der Waals surface area contributed by atoms with E-state index in [-0.39, 0.29) is 15.1 Å². The highest BCUT2D eigenvalue weighted by molar-refractivity contribution is 9.11. The van der Waals surface area contributed by atoms with Crippen LogP contribution >= 0.6 is 27.3 Å². The van der Waals surface area contributed by atoms with Crippen molar-refractivity contribution in [1.82, 2.24) is 0 Å². The second-order valence-electron chi connectivity index (χ2n) is 4.96. The standard InChI is InChI=1S/C11H4BrF13OS/c12-4-2-1-3(27-4)5(26)6(13,14)7(15,16)8(17,18)9(19,20)10(21,22)11(23,24)25/h1-2,5,26H. The highest BCUT2D eigenvalue weighted by Gasteiger charge is 2.91. The van der Waals surface area contributed by atoms with Crippen molar-refractivity contribution in [3.05, 3.63) is 20.8 Å². The zero-order valence-electron chi connectivity index (χ0n) is 11.9. The van der Waals surface area contributed by atoms with Crippen molar-refractivity contribution in [2.45, 2.75) is 41.9 Å². The van der Waals surface area contributed by atoms with Crippen molar-refractivity contribution in [3.63, 3.8) is 0 Å². The van der Waals surface area contributed by atoms with E-state index < -0.39 is 46.8 Å². The summed E-state index contributed by atoms with van der Waals surface area (Å²) in [6, 6.07) is 1.33. The Balaban J connectivity index is 3.49. The topological polar surface area (TPSA) is 20.2 Å². The van der Waals surface area contributed by atoms with E-state index in [1.165, 1.54) is 0 Å². The minimum absolute atomic E-state index is 0.0595. The first-order valence-corrected chi connectivity index (χ1v) is 7.66. The largest absolute Gasteiger partial charge is 0.460 e. The second-order valence-corrected chi connectivity index (χ2v) is 7.46. The Labute approximate surface area is 152 Å². The minimum atomic E-state index is -7.99. The molecule has 27 heavy (non-hydrogen) atoms. The third-order valence-corrected chi connectivity index (χ3v) is 4.84. The van der Waals surface area contributed by atoms with E-state index in [0.29, 0.717) is 6.07 Å². The SMILES string of the molecule is OC(c1ccc(Br)s1)C(F)(F)C(F)(F)C(F)(F)C(F)(F)C(F)(F)C(F)(F)F. The fourth-order valence-corrected chi connectivity index (χ4v) is 3.06. The normalized spacial score (nSPS) is 16.6. The van der Waals surface area contributed by atoms with E-state index in [9.17, 15) is 57.1 Å². The first-order chi connectivity index (χ1) is 11.7. The fourth-order valence-electron chi connectivity index (χ4n) is 1.61. The molecule has 0 fully saturated rings. The van der Waals surface area contributed by atoms with Gasteiger partial charge in [0.05, 0.1) is 3.79 Å². The lowest BCUT2D eigenvalue weighted by Gasteiger charge is -2.40. The highest BCUT2D eigenvalue weighted by atomic mass is 79.9. The van der Waals surface area contributed by atoms with E-state index >= 15 is 0 Å². The Morgan fingerprint density at radius 2 is 1.11 bits per heavy atom. The lowest BCUT2D eigenvalue weighted by Crippen LogP contribution is -2.70. The van der Waals surface area contributed by atoms with E-state index in [2.05, 4.69) is 15.9 Å². The maximum absolute atomic E-state index is 13.7. The van der Waals surface area contributed by atoms with Crippen molar-refractivity contribution in [3.8, 4) is 0 Å². The molecular weight excluding hydrogens is 507 g/mol. The third kappa shape index (κ3) is 3.41. The number of hydrogen-bond donors (Lipinski definition) is 1. The zero-order valence-corrected chi connectivity index (χ0v) is 14.3. The molecule has 1 heterocycles. The van der Waals surface area contributed by atoms with Gasteiger partial charge in [-0.15, -0.1) is 11.3 Å². The Morgan fingerprint density at radius 1 is 0.704 bits per heavy atom. The van der Waals surface area contributed by atoms with E-state index in [4.69, 9.17) is 5.11 Å². The van der Waals surface area contributed by atoms with Crippen molar-refractivity contribution in [2.24, 2.45) is 0 Å². The Kier molecular flexibility index (Phi) is 5.97. The Hall–Kier alpha value is -0.770. The lowest BCUT2D eigenvalue weighted by atomic mass is 9.91. The first kappa shape index (κ1) is 24.3. The van der Waals surface area contributed by atoms with Gasteiger partial charge in [0.25, 0.3) is 0 Å². The maximum Gasteiger partial charge on any atom is 0.460 e. The Morgan fingerprint density at radius 3 is 1.44 bits per heavy atom. The van der Waals surface area contributed by atoms with Crippen LogP contribution in [-0.4, -0.2) is 40.9 Å². The van der Waals surface area contributed by atoms with Crippen LogP contribution in [0.5, 0.6) is 0 Å². The van der Waals surface area contributed by atoms with Crippen LogP contribution in [-0.2, 0) is 0 Å². The van der Waals surface area contributed by atoms with Crippen molar-refractivity contribution < 1.29 is 62.2 Å². The number of alkyl halides is 13. The van der Waals surface area contributed by atoms with Gasteiger partial charge in [-0.2, -0.15) is 57.1 Å². The molecule has 0 aromatic carbocycles. The van der Waals surface area contributed by atoms with Gasteiger partial charge in [0.15, 0.2) is 6.10 Å². The molecule has 0 aliphatic carbocycles. The van der Waals surface area contributed by atoms with Gasteiger partial charge in [-0.05, 0) is 28.1 Å². The molecule has 1 aromatic heterocycles. The van der Waals surface area contributed by atoms with Crippen LogP contribution in [0.2, 0.25) is 0 Å². The molecule has 0 bridgehead atoms. The van der Waals surface area contributed by atoms with Gasteiger partial charge in [-0.3, -0.25) is 0 Å². The van der Waals surface area contributed by atoms with Crippen LogP contribution in [0.3, 0.4) is 0 Å². The highest BCUT2D eigenvalue weighted by Crippen LogP contribution is 2.62. The molecule has 1 atom stereocenters. The van der Waals surface area contributed by atoms with Gasteiger partial charge in [-0.1, -0.05) is 0 Å². The van der Waals surface area contributed by atoms with Crippen LogP contribution in [0.15, 0.2) is 15.9 Å². The van der Waals surface area contributed by atoms with Crippen molar-refractivity contribution in [1.29, 1.82) is 0 Å². The second kappa shape index (κ2) is 6.64. The van der Waals surface area contributed by atoms with Gasteiger partial charge in [0.2, 0.25) is 0 Å². The zero-order chi connectivity index (χ0) is 21.9. The first-order valence-electron chi connectivity index (χ1n) is 6.05. The average Bonchev–Trinajstić information content (AvgIpc) is 2.90. The fraction of sp³-hybridized carbons (Fsp3) is 0.636. The molecule has 16 heteroatoms.